The first kappa shape index (κ1) is 9.99. The van der Waals surface area contributed by atoms with Crippen LogP contribution in [-0.2, 0) is 0 Å². The predicted octanol–water partition coefficient (Wildman–Crippen LogP) is 1.84. The van der Waals surface area contributed by atoms with Crippen molar-refractivity contribution in [3.05, 3.63) is 23.4 Å². The Morgan fingerprint density at radius 2 is 2.31 bits per heavy atom. The summed E-state index contributed by atoms with van der Waals surface area (Å²) in [6, 6.07) is 1.83. The summed E-state index contributed by atoms with van der Waals surface area (Å²) in [6.45, 7) is 3.88. The minimum Gasteiger partial charge on any atom is -0.481 e. The molecule has 3 heteroatoms. The largest absolute Gasteiger partial charge is 0.481 e. The van der Waals surface area contributed by atoms with Crippen molar-refractivity contribution in [3.8, 4) is 5.88 Å². The lowest BCUT2D eigenvalue weighted by Crippen LogP contribution is -2.00. The number of aryl methyl sites for hydroxylation is 1. The molecule has 13 heavy (non-hydrogen) atoms. The van der Waals surface area contributed by atoms with Crippen LogP contribution < -0.4 is 4.74 Å². The van der Waals surface area contributed by atoms with Gasteiger partial charge in [-0.15, -0.1) is 0 Å². The highest BCUT2D eigenvalue weighted by Gasteiger charge is 2.09. The maximum absolute atomic E-state index is 9.59. The molecule has 0 bridgehead atoms. The lowest BCUT2D eigenvalue weighted by molar-refractivity contribution is 0.172. The first-order valence-corrected chi connectivity index (χ1v) is 4.37. The van der Waals surface area contributed by atoms with Crippen LogP contribution in [0.1, 0.15) is 30.6 Å². The number of hydrogen-bond donors (Lipinski definition) is 1. The molecule has 0 saturated heterocycles. The van der Waals surface area contributed by atoms with E-state index in [1.54, 1.807) is 13.3 Å². The Bertz CT molecular complexity index is 286. The summed E-state index contributed by atoms with van der Waals surface area (Å²) in [7, 11) is 1.58. The molecule has 1 aromatic rings. The van der Waals surface area contributed by atoms with Crippen molar-refractivity contribution in [3.63, 3.8) is 0 Å². The maximum atomic E-state index is 9.59. The maximum Gasteiger partial charge on any atom is 0.213 e. The van der Waals surface area contributed by atoms with Gasteiger partial charge in [0.1, 0.15) is 0 Å². The minimum atomic E-state index is -0.418. The highest BCUT2D eigenvalue weighted by atomic mass is 16.5. The number of aromatic nitrogens is 1. The fourth-order valence-electron chi connectivity index (χ4n) is 1.22. The van der Waals surface area contributed by atoms with Crippen LogP contribution in [0.25, 0.3) is 0 Å². The van der Waals surface area contributed by atoms with E-state index >= 15 is 0 Å². The fraction of sp³-hybridized carbons (Fsp3) is 0.500. The Balaban J connectivity index is 2.98. The molecule has 0 radical (unpaired) electrons. The Morgan fingerprint density at radius 1 is 1.62 bits per heavy atom. The zero-order valence-corrected chi connectivity index (χ0v) is 8.24. The average molecular weight is 181 g/mol. The molecule has 0 aliphatic heterocycles. The Hall–Kier alpha value is -1.09. The van der Waals surface area contributed by atoms with Gasteiger partial charge in [0, 0.05) is 17.8 Å². The molecule has 1 heterocycles. The van der Waals surface area contributed by atoms with Gasteiger partial charge in [0.05, 0.1) is 13.2 Å². The number of aliphatic hydroxyl groups is 1. The van der Waals surface area contributed by atoms with Crippen LogP contribution in [0, 0.1) is 6.92 Å². The standard InChI is InChI=1S/C10H15NO2/c1-4-9(12)8-6-11-10(13-3)5-7(8)2/h5-6,9,12H,4H2,1-3H3/t9-/m0/s1. The van der Waals surface area contributed by atoms with Gasteiger partial charge in [0.25, 0.3) is 0 Å². The molecule has 0 fully saturated rings. The topological polar surface area (TPSA) is 42.4 Å². The van der Waals surface area contributed by atoms with E-state index in [9.17, 15) is 5.11 Å². The molecule has 0 aromatic carbocycles. The van der Waals surface area contributed by atoms with E-state index in [1.165, 1.54) is 0 Å². The molecular formula is C10H15NO2. The van der Waals surface area contributed by atoms with Crippen molar-refractivity contribution in [1.29, 1.82) is 0 Å². The van der Waals surface area contributed by atoms with Gasteiger partial charge in [-0.3, -0.25) is 0 Å². The van der Waals surface area contributed by atoms with Gasteiger partial charge in [-0.05, 0) is 18.9 Å². The van der Waals surface area contributed by atoms with Crippen LogP contribution in [0.2, 0.25) is 0 Å². The van der Waals surface area contributed by atoms with Crippen molar-refractivity contribution in [1.82, 2.24) is 4.98 Å². The highest BCUT2D eigenvalue weighted by molar-refractivity contribution is 5.29. The predicted molar refractivity (Wildman–Crippen MR) is 50.8 cm³/mol. The number of hydrogen-bond acceptors (Lipinski definition) is 3. The first-order valence-electron chi connectivity index (χ1n) is 4.37. The van der Waals surface area contributed by atoms with Crippen molar-refractivity contribution >= 4 is 0 Å². The Morgan fingerprint density at radius 3 is 2.77 bits per heavy atom. The van der Waals surface area contributed by atoms with Gasteiger partial charge < -0.3 is 9.84 Å². The second kappa shape index (κ2) is 4.23. The zero-order valence-electron chi connectivity index (χ0n) is 8.24. The van der Waals surface area contributed by atoms with Crippen LogP contribution in [0.3, 0.4) is 0 Å². The molecule has 0 aliphatic rings. The molecule has 1 atom stereocenters. The fourth-order valence-corrected chi connectivity index (χ4v) is 1.22. The normalized spacial score (nSPS) is 12.6. The quantitative estimate of drug-likeness (QED) is 0.773. The van der Waals surface area contributed by atoms with Gasteiger partial charge in [0.15, 0.2) is 0 Å². The van der Waals surface area contributed by atoms with E-state index in [4.69, 9.17) is 4.74 Å². The third-order valence-electron chi connectivity index (χ3n) is 2.08. The Kier molecular flexibility index (Phi) is 3.25. The molecule has 1 N–H and O–H groups in total. The second-order valence-electron chi connectivity index (χ2n) is 3.01. The molecule has 72 valence electrons. The SMILES string of the molecule is CC[C@H](O)c1cnc(OC)cc1C. The van der Waals surface area contributed by atoms with Gasteiger partial charge >= 0.3 is 0 Å². The summed E-state index contributed by atoms with van der Waals surface area (Å²) in [6.07, 6.45) is 1.95. The van der Waals surface area contributed by atoms with E-state index in [0.29, 0.717) is 12.3 Å². The number of pyridine rings is 1. The second-order valence-corrected chi connectivity index (χ2v) is 3.01. The van der Waals surface area contributed by atoms with Gasteiger partial charge in [-0.25, -0.2) is 4.98 Å². The lowest BCUT2D eigenvalue weighted by Gasteiger charge is -2.11. The van der Waals surface area contributed by atoms with E-state index in [0.717, 1.165) is 11.1 Å². The summed E-state index contributed by atoms with van der Waals surface area (Å²) in [4.78, 5) is 4.04. The van der Waals surface area contributed by atoms with Crippen LogP contribution in [0.5, 0.6) is 5.88 Å². The van der Waals surface area contributed by atoms with Crippen molar-refractivity contribution in [2.75, 3.05) is 7.11 Å². The van der Waals surface area contributed by atoms with E-state index < -0.39 is 6.10 Å². The number of rotatable bonds is 3. The molecule has 1 rings (SSSR count). The lowest BCUT2D eigenvalue weighted by atomic mass is 10.0. The molecular weight excluding hydrogens is 166 g/mol. The summed E-state index contributed by atoms with van der Waals surface area (Å²) in [5, 5.41) is 9.59. The molecule has 0 saturated carbocycles. The summed E-state index contributed by atoms with van der Waals surface area (Å²) in [5.74, 6) is 0.588. The third kappa shape index (κ3) is 2.18. The Labute approximate surface area is 78.4 Å². The zero-order chi connectivity index (χ0) is 9.84. The third-order valence-corrected chi connectivity index (χ3v) is 2.08. The highest BCUT2D eigenvalue weighted by Crippen LogP contribution is 2.21. The summed E-state index contributed by atoms with van der Waals surface area (Å²) in [5.41, 5.74) is 1.89. The molecule has 3 nitrogen and oxygen atoms in total. The smallest absolute Gasteiger partial charge is 0.213 e. The molecule has 0 aliphatic carbocycles. The van der Waals surface area contributed by atoms with E-state index in [-0.39, 0.29) is 0 Å². The molecule has 0 spiro atoms. The minimum absolute atomic E-state index is 0.418. The van der Waals surface area contributed by atoms with Crippen molar-refractivity contribution in [2.24, 2.45) is 0 Å². The number of methoxy groups -OCH3 is 1. The molecule has 0 unspecified atom stereocenters. The average Bonchev–Trinajstić information content (AvgIpc) is 2.16. The van der Waals surface area contributed by atoms with Crippen LogP contribution >= 0.6 is 0 Å². The number of nitrogens with zero attached hydrogens (tertiary/aromatic N) is 1. The van der Waals surface area contributed by atoms with E-state index in [1.807, 2.05) is 19.9 Å². The van der Waals surface area contributed by atoms with Gasteiger partial charge in [0.2, 0.25) is 5.88 Å². The molecule has 1 aromatic heterocycles. The number of aliphatic hydroxyl groups excluding tert-OH is 1. The van der Waals surface area contributed by atoms with Crippen LogP contribution in [-0.4, -0.2) is 17.2 Å². The van der Waals surface area contributed by atoms with Crippen molar-refractivity contribution in [2.45, 2.75) is 26.4 Å². The van der Waals surface area contributed by atoms with Crippen LogP contribution in [0.15, 0.2) is 12.3 Å². The number of ether oxygens (including phenoxy) is 1. The first-order chi connectivity index (χ1) is 6.19. The van der Waals surface area contributed by atoms with Gasteiger partial charge in [-0.2, -0.15) is 0 Å². The summed E-state index contributed by atoms with van der Waals surface area (Å²) >= 11 is 0. The van der Waals surface area contributed by atoms with Crippen molar-refractivity contribution < 1.29 is 9.84 Å². The summed E-state index contributed by atoms with van der Waals surface area (Å²) < 4.78 is 4.97. The van der Waals surface area contributed by atoms with Gasteiger partial charge in [-0.1, -0.05) is 6.92 Å². The van der Waals surface area contributed by atoms with Crippen LogP contribution in [0.4, 0.5) is 0 Å². The van der Waals surface area contributed by atoms with E-state index in [2.05, 4.69) is 4.98 Å². The molecule has 0 amide bonds. The monoisotopic (exact) mass is 181 g/mol.